The number of hydrogen-bond acceptors (Lipinski definition) is 8. The third-order valence-corrected chi connectivity index (χ3v) is 5.80. The number of benzene rings is 4. The van der Waals surface area contributed by atoms with Crippen LogP contribution in [-0.4, -0.2) is 38.4 Å². The number of rotatable bonds is 14. The highest BCUT2D eigenvalue weighted by atomic mass is 16.6. The lowest BCUT2D eigenvalue weighted by Crippen LogP contribution is -2.24. The molecule has 9 nitrogen and oxygen atoms in total. The average molecular weight is 569 g/mol. The zero-order valence-corrected chi connectivity index (χ0v) is 23.4. The van der Waals surface area contributed by atoms with Crippen LogP contribution in [0.15, 0.2) is 102 Å². The number of carbonyl (C=O) groups is 2. The maximum atomic E-state index is 12.6. The van der Waals surface area contributed by atoms with Crippen LogP contribution in [0.1, 0.15) is 34.8 Å². The minimum atomic E-state index is -0.529. The average Bonchev–Trinajstić information content (AvgIpc) is 3.03. The topological polar surface area (TPSA) is 105 Å². The predicted molar refractivity (Wildman–Crippen MR) is 159 cm³/mol. The molecule has 0 radical (unpaired) electrons. The summed E-state index contributed by atoms with van der Waals surface area (Å²) in [4.78, 5) is 24.8. The number of hydrazone groups is 1. The Balaban J connectivity index is 1.23. The summed E-state index contributed by atoms with van der Waals surface area (Å²) in [6.07, 6.45) is 2.34. The van der Waals surface area contributed by atoms with E-state index in [4.69, 9.17) is 23.7 Å². The van der Waals surface area contributed by atoms with Gasteiger partial charge in [0.1, 0.15) is 23.9 Å². The number of methoxy groups -OCH3 is 1. The molecule has 1 N–H and O–H groups in total. The van der Waals surface area contributed by atoms with Crippen molar-refractivity contribution in [2.75, 3.05) is 20.3 Å². The predicted octanol–water partition coefficient (Wildman–Crippen LogP) is 5.81. The van der Waals surface area contributed by atoms with Crippen molar-refractivity contribution in [2.45, 2.75) is 20.0 Å². The van der Waals surface area contributed by atoms with E-state index in [0.717, 1.165) is 12.0 Å². The Morgan fingerprint density at radius 2 is 1.45 bits per heavy atom. The minimum Gasteiger partial charge on any atom is -0.494 e. The maximum absolute atomic E-state index is 12.6. The summed E-state index contributed by atoms with van der Waals surface area (Å²) in [5.74, 6) is 1.53. The number of ether oxygens (including phenoxy) is 5. The molecule has 216 valence electrons. The highest BCUT2D eigenvalue weighted by Crippen LogP contribution is 2.28. The molecule has 0 aliphatic heterocycles. The normalized spacial score (nSPS) is 10.6. The molecule has 0 heterocycles. The van der Waals surface area contributed by atoms with Crippen LogP contribution >= 0.6 is 0 Å². The standard InChI is InChI=1S/C33H32N2O7/c1-3-19-39-27-12-10-26(11-13-27)33(37)42-30-18-9-25(20-31(30)38-2)21-34-35-32(36)23-41-29-16-14-28(15-17-29)40-22-24-7-5-4-6-8-24/h4-18,20-21H,3,19,22-23H2,1-2H3,(H,35,36). The van der Waals surface area contributed by atoms with Gasteiger partial charge in [-0.3, -0.25) is 4.79 Å². The molecular formula is C33H32N2O7. The first-order valence-electron chi connectivity index (χ1n) is 13.4. The zero-order valence-electron chi connectivity index (χ0n) is 23.4. The van der Waals surface area contributed by atoms with E-state index < -0.39 is 11.9 Å². The summed E-state index contributed by atoms with van der Waals surface area (Å²) in [5.41, 5.74) is 4.49. The van der Waals surface area contributed by atoms with Gasteiger partial charge in [-0.25, -0.2) is 10.2 Å². The molecule has 0 bridgehead atoms. The second-order valence-corrected chi connectivity index (χ2v) is 9.00. The third-order valence-electron chi connectivity index (χ3n) is 5.80. The lowest BCUT2D eigenvalue weighted by atomic mass is 10.2. The SMILES string of the molecule is CCCOc1ccc(C(=O)Oc2ccc(C=NNC(=O)COc3ccc(OCc4ccccc4)cc3)cc2OC)cc1. The number of nitrogens with zero attached hydrogens (tertiary/aromatic N) is 1. The van der Waals surface area contributed by atoms with Gasteiger partial charge >= 0.3 is 5.97 Å². The van der Waals surface area contributed by atoms with E-state index in [1.165, 1.54) is 13.3 Å². The van der Waals surface area contributed by atoms with Gasteiger partial charge in [0.05, 0.1) is 25.5 Å². The van der Waals surface area contributed by atoms with E-state index in [9.17, 15) is 9.59 Å². The van der Waals surface area contributed by atoms with Crippen LogP contribution in [0.25, 0.3) is 0 Å². The van der Waals surface area contributed by atoms with Crippen molar-refractivity contribution in [1.82, 2.24) is 5.43 Å². The Kier molecular flexibility index (Phi) is 10.9. The van der Waals surface area contributed by atoms with Crippen LogP contribution in [0, 0.1) is 0 Å². The van der Waals surface area contributed by atoms with Crippen molar-refractivity contribution in [2.24, 2.45) is 5.10 Å². The summed E-state index contributed by atoms with van der Waals surface area (Å²) in [6.45, 7) is 2.87. The van der Waals surface area contributed by atoms with Crippen LogP contribution in [0.5, 0.6) is 28.7 Å². The molecule has 0 atom stereocenters. The highest BCUT2D eigenvalue weighted by molar-refractivity contribution is 5.92. The molecular weight excluding hydrogens is 536 g/mol. The largest absolute Gasteiger partial charge is 0.494 e. The van der Waals surface area contributed by atoms with Crippen LogP contribution in [0.3, 0.4) is 0 Å². The quantitative estimate of drug-likeness (QED) is 0.0886. The first kappa shape index (κ1) is 29.7. The zero-order chi connectivity index (χ0) is 29.6. The Hall–Kier alpha value is -5.31. The maximum Gasteiger partial charge on any atom is 0.343 e. The van der Waals surface area contributed by atoms with E-state index in [1.807, 2.05) is 37.3 Å². The first-order chi connectivity index (χ1) is 20.5. The summed E-state index contributed by atoms with van der Waals surface area (Å²) in [5, 5.41) is 3.96. The van der Waals surface area contributed by atoms with Crippen molar-refractivity contribution in [1.29, 1.82) is 0 Å². The van der Waals surface area contributed by atoms with Crippen molar-refractivity contribution in [3.05, 3.63) is 114 Å². The fourth-order valence-electron chi connectivity index (χ4n) is 3.65. The molecule has 4 rings (SSSR count). The van der Waals surface area contributed by atoms with Gasteiger partial charge in [0.15, 0.2) is 18.1 Å². The molecule has 1 amide bonds. The molecule has 4 aromatic carbocycles. The van der Waals surface area contributed by atoms with Crippen LogP contribution in [-0.2, 0) is 11.4 Å². The molecule has 0 spiro atoms. The summed E-state index contributed by atoms with van der Waals surface area (Å²) in [6, 6.07) is 28.5. The third kappa shape index (κ3) is 9.12. The van der Waals surface area contributed by atoms with Crippen molar-refractivity contribution in [3.8, 4) is 28.7 Å². The van der Waals surface area contributed by atoms with Gasteiger partial charge in [0.25, 0.3) is 5.91 Å². The molecule has 42 heavy (non-hydrogen) atoms. The molecule has 4 aromatic rings. The summed E-state index contributed by atoms with van der Waals surface area (Å²) in [7, 11) is 1.47. The van der Waals surface area contributed by atoms with Gasteiger partial charge in [-0.05, 0) is 84.3 Å². The molecule has 0 fully saturated rings. The monoisotopic (exact) mass is 568 g/mol. The molecule has 0 aromatic heterocycles. The van der Waals surface area contributed by atoms with E-state index in [-0.39, 0.29) is 12.4 Å². The Bertz CT molecular complexity index is 1470. The fraction of sp³-hybridized carbons (Fsp3) is 0.182. The Labute approximate surface area is 244 Å². The lowest BCUT2D eigenvalue weighted by molar-refractivity contribution is -0.123. The first-order valence-corrected chi connectivity index (χ1v) is 13.4. The van der Waals surface area contributed by atoms with Gasteiger partial charge < -0.3 is 23.7 Å². The van der Waals surface area contributed by atoms with E-state index in [1.54, 1.807) is 66.7 Å². The van der Waals surface area contributed by atoms with E-state index in [0.29, 0.717) is 47.3 Å². The molecule has 0 aliphatic rings. The van der Waals surface area contributed by atoms with Gasteiger partial charge in [-0.15, -0.1) is 0 Å². The van der Waals surface area contributed by atoms with Crippen molar-refractivity contribution >= 4 is 18.1 Å². The number of amides is 1. The second kappa shape index (κ2) is 15.5. The summed E-state index contributed by atoms with van der Waals surface area (Å²) >= 11 is 0. The van der Waals surface area contributed by atoms with Gasteiger partial charge in [-0.2, -0.15) is 5.10 Å². The van der Waals surface area contributed by atoms with Crippen molar-refractivity contribution < 1.29 is 33.3 Å². The van der Waals surface area contributed by atoms with Gasteiger partial charge in [0.2, 0.25) is 0 Å². The Morgan fingerprint density at radius 3 is 2.14 bits per heavy atom. The smallest absolute Gasteiger partial charge is 0.343 e. The molecule has 9 heteroatoms. The number of esters is 1. The number of carbonyl (C=O) groups excluding carboxylic acids is 2. The van der Waals surface area contributed by atoms with Gasteiger partial charge in [-0.1, -0.05) is 37.3 Å². The van der Waals surface area contributed by atoms with E-state index >= 15 is 0 Å². The molecule has 0 saturated carbocycles. The highest BCUT2D eigenvalue weighted by Gasteiger charge is 2.13. The minimum absolute atomic E-state index is 0.217. The second-order valence-electron chi connectivity index (χ2n) is 9.00. The van der Waals surface area contributed by atoms with Gasteiger partial charge in [0, 0.05) is 0 Å². The molecule has 0 saturated heterocycles. The molecule has 0 unspecified atom stereocenters. The van der Waals surface area contributed by atoms with E-state index in [2.05, 4.69) is 10.5 Å². The lowest BCUT2D eigenvalue weighted by Gasteiger charge is -2.10. The van der Waals surface area contributed by atoms with Crippen LogP contribution in [0.2, 0.25) is 0 Å². The summed E-state index contributed by atoms with van der Waals surface area (Å²) < 4.78 is 27.7. The fourth-order valence-corrected chi connectivity index (χ4v) is 3.65. The number of nitrogens with one attached hydrogen (secondary N) is 1. The van der Waals surface area contributed by atoms with Crippen molar-refractivity contribution in [3.63, 3.8) is 0 Å². The Morgan fingerprint density at radius 1 is 0.786 bits per heavy atom. The van der Waals surface area contributed by atoms with Crippen LogP contribution in [0.4, 0.5) is 0 Å². The van der Waals surface area contributed by atoms with Crippen LogP contribution < -0.4 is 29.1 Å². The number of hydrogen-bond donors (Lipinski definition) is 1. The molecule has 0 aliphatic carbocycles.